The topological polar surface area (TPSA) is 49.6 Å². The number of thiazole rings is 1. The van der Waals surface area contributed by atoms with Gasteiger partial charge in [-0.2, -0.15) is 5.26 Å². The van der Waals surface area contributed by atoms with Crippen molar-refractivity contribution in [3.63, 3.8) is 0 Å². The van der Waals surface area contributed by atoms with Crippen LogP contribution in [0.2, 0.25) is 0 Å². The summed E-state index contributed by atoms with van der Waals surface area (Å²) in [5.41, 5.74) is 2.38. The molecule has 20 heavy (non-hydrogen) atoms. The number of rotatable bonds is 3. The number of hydrogen-bond acceptors (Lipinski definition) is 5. The quantitative estimate of drug-likeness (QED) is 0.676. The Kier molecular flexibility index (Phi) is 3.68. The minimum Gasteiger partial charge on any atom is -0.264 e. The van der Waals surface area contributed by atoms with E-state index in [0.29, 0.717) is 5.57 Å². The second kappa shape index (κ2) is 5.78. The van der Waals surface area contributed by atoms with Crippen LogP contribution >= 0.6 is 22.7 Å². The first-order chi connectivity index (χ1) is 9.86. The Bertz CT molecular complexity index is 765. The number of nitriles is 1. The maximum atomic E-state index is 9.31. The zero-order chi connectivity index (χ0) is 13.8. The van der Waals surface area contributed by atoms with Gasteiger partial charge in [0.05, 0.1) is 16.1 Å². The molecule has 3 rings (SSSR count). The Morgan fingerprint density at radius 1 is 1.25 bits per heavy atom. The van der Waals surface area contributed by atoms with Crippen molar-refractivity contribution in [2.45, 2.75) is 0 Å². The first kappa shape index (κ1) is 12.7. The molecular formula is C15H9N3S2. The van der Waals surface area contributed by atoms with Crippen LogP contribution in [0.4, 0.5) is 0 Å². The normalized spacial score (nSPS) is 11.2. The third kappa shape index (κ3) is 2.67. The molecule has 0 fully saturated rings. The van der Waals surface area contributed by atoms with Gasteiger partial charge < -0.3 is 0 Å². The van der Waals surface area contributed by atoms with E-state index < -0.39 is 0 Å². The van der Waals surface area contributed by atoms with Crippen molar-refractivity contribution >= 4 is 34.3 Å². The largest absolute Gasteiger partial charge is 0.264 e. The van der Waals surface area contributed by atoms with Crippen LogP contribution in [0.25, 0.3) is 22.2 Å². The SMILES string of the molecule is N#C/C(=C/c1cccnc1)c1nc(-c2cccs2)cs1. The van der Waals surface area contributed by atoms with Gasteiger partial charge in [0, 0.05) is 17.8 Å². The summed E-state index contributed by atoms with van der Waals surface area (Å²) in [7, 11) is 0. The summed E-state index contributed by atoms with van der Waals surface area (Å²) in [4.78, 5) is 9.70. The standard InChI is InChI=1S/C15H9N3S2/c16-8-12(7-11-3-1-5-17-9-11)15-18-13(10-20-15)14-4-2-6-19-14/h1-7,9-10H/b12-7-. The van der Waals surface area contributed by atoms with Crippen molar-refractivity contribution in [2.75, 3.05) is 0 Å². The number of pyridine rings is 1. The van der Waals surface area contributed by atoms with Crippen molar-refractivity contribution in [3.8, 4) is 16.6 Å². The van der Waals surface area contributed by atoms with Crippen LogP contribution in [0, 0.1) is 11.3 Å². The van der Waals surface area contributed by atoms with Crippen molar-refractivity contribution < 1.29 is 0 Å². The summed E-state index contributed by atoms with van der Waals surface area (Å²) in [6.07, 6.45) is 5.25. The first-order valence-corrected chi connectivity index (χ1v) is 7.64. The maximum absolute atomic E-state index is 9.31. The smallest absolute Gasteiger partial charge is 0.134 e. The molecule has 0 atom stereocenters. The molecule has 0 unspecified atom stereocenters. The van der Waals surface area contributed by atoms with Gasteiger partial charge in [-0.05, 0) is 29.2 Å². The Hall–Kier alpha value is -2.29. The van der Waals surface area contributed by atoms with Crippen molar-refractivity contribution in [2.24, 2.45) is 0 Å². The zero-order valence-electron chi connectivity index (χ0n) is 10.4. The summed E-state index contributed by atoms with van der Waals surface area (Å²) in [5, 5.41) is 14.0. The van der Waals surface area contributed by atoms with E-state index in [4.69, 9.17) is 0 Å². The summed E-state index contributed by atoms with van der Waals surface area (Å²) in [6, 6.07) is 10.00. The molecule has 0 aromatic carbocycles. The van der Waals surface area contributed by atoms with Crippen LogP contribution in [0.5, 0.6) is 0 Å². The lowest BCUT2D eigenvalue weighted by atomic mass is 10.2. The number of nitrogens with zero attached hydrogens (tertiary/aromatic N) is 3. The highest BCUT2D eigenvalue weighted by Crippen LogP contribution is 2.29. The third-order valence-electron chi connectivity index (χ3n) is 2.62. The lowest BCUT2D eigenvalue weighted by Crippen LogP contribution is -1.82. The van der Waals surface area contributed by atoms with E-state index in [1.165, 1.54) is 11.3 Å². The van der Waals surface area contributed by atoms with E-state index in [2.05, 4.69) is 16.0 Å². The minimum absolute atomic E-state index is 0.561. The van der Waals surface area contributed by atoms with Gasteiger partial charge in [-0.1, -0.05) is 12.1 Å². The Labute approximate surface area is 124 Å². The molecule has 96 valence electrons. The van der Waals surface area contributed by atoms with Crippen LogP contribution in [-0.4, -0.2) is 9.97 Å². The van der Waals surface area contributed by atoms with E-state index in [0.717, 1.165) is 21.1 Å². The van der Waals surface area contributed by atoms with Gasteiger partial charge in [-0.15, -0.1) is 22.7 Å². The summed E-state index contributed by atoms with van der Waals surface area (Å²) >= 11 is 3.13. The van der Waals surface area contributed by atoms with Crippen LogP contribution in [-0.2, 0) is 0 Å². The number of aromatic nitrogens is 2. The van der Waals surface area contributed by atoms with Gasteiger partial charge in [-0.25, -0.2) is 4.98 Å². The number of thiophene rings is 1. The Balaban J connectivity index is 1.95. The predicted molar refractivity (Wildman–Crippen MR) is 83.1 cm³/mol. The fourth-order valence-electron chi connectivity index (χ4n) is 1.70. The average molecular weight is 295 g/mol. The molecule has 0 saturated carbocycles. The monoisotopic (exact) mass is 295 g/mol. The maximum Gasteiger partial charge on any atom is 0.134 e. The first-order valence-electron chi connectivity index (χ1n) is 5.88. The molecule has 0 aliphatic rings. The van der Waals surface area contributed by atoms with Gasteiger partial charge in [-0.3, -0.25) is 4.98 Å². The number of hydrogen-bond donors (Lipinski definition) is 0. The van der Waals surface area contributed by atoms with Gasteiger partial charge >= 0.3 is 0 Å². The number of allylic oxidation sites excluding steroid dienone is 1. The molecule has 0 saturated heterocycles. The van der Waals surface area contributed by atoms with Gasteiger partial charge in [0.2, 0.25) is 0 Å². The molecule has 3 heterocycles. The second-order valence-electron chi connectivity index (χ2n) is 3.97. The van der Waals surface area contributed by atoms with Crippen molar-refractivity contribution in [1.29, 1.82) is 5.26 Å². The molecule has 3 aromatic rings. The molecule has 3 aromatic heterocycles. The van der Waals surface area contributed by atoms with E-state index in [1.54, 1.807) is 23.7 Å². The van der Waals surface area contributed by atoms with Gasteiger partial charge in [0.15, 0.2) is 0 Å². The average Bonchev–Trinajstić information content (AvgIpc) is 3.16. The summed E-state index contributed by atoms with van der Waals surface area (Å²) < 4.78 is 0. The second-order valence-corrected chi connectivity index (χ2v) is 5.78. The molecule has 0 aliphatic carbocycles. The van der Waals surface area contributed by atoms with E-state index in [9.17, 15) is 5.26 Å². The van der Waals surface area contributed by atoms with E-state index in [1.807, 2.05) is 41.1 Å². The minimum atomic E-state index is 0.561. The predicted octanol–water partition coefficient (Wildman–Crippen LogP) is 4.33. The van der Waals surface area contributed by atoms with Crippen LogP contribution in [0.15, 0.2) is 47.4 Å². The molecule has 0 aliphatic heterocycles. The van der Waals surface area contributed by atoms with Gasteiger partial charge in [0.1, 0.15) is 11.1 Å². The Morgan fingerprint density at radius 2 is 2.20 bits per heavy atom. The van der Waals surface area contributed by atoms with Crippen LogP contribution < -0.4 is 0 Å². The van der Waals surface area contributed by atoms with E-state index in [-0.39, 0.29) is 0 Å². The molecule has 0 spiro atoms. The molecule has 0 radical (unpaired) electrons. The lowest BCUT2D eigenvalue weighted by molar-refractivity contribution is 1.32. The van der Waals surface area contributed by atoms with Crippen molar-refractivity contribution in [3.05, 3.63) is 58.0 Å². The highest BCUT2D eigenvalue weighted by atomic mass is 32.1. The molecule has 0 amide bonds. The lowest BCUT2D eigenvalue weighted by Gasteiger charge is -1.94. The Morgan fingerprint density at radius 3 is 2.90 bits per heavy atom. The third-order valence-corrected chi connectivity index (χ3v) is 4.39. The van der Waals surface area contributed by atoms with Crippen LogP contribution in [0.3, 0.4) is 0 Å². The molecule has 0 bridgehead atoms. The van der Waals surface area contributed by atoms with Crippen molar-refractivity contribution in [1.82, 2.24) is 9.97 Å². The van der Waals surface area contributed by atoms with Crippen LogP contribution in [0.1, 0.15) is 10.6 Å². The zero-order valence-corrected chi connectivity index (χ0v) is 12.0. The molecule has 5 heteroatoms. The highest BCUT2D eigenvalue weighted by molar-refractivity contribution is 7.14. The molecular weight excluding hydrogens is 286 g/mol. The van der Waals surface area contributed by atoms with Gasteiger partial charge in [0.25, 0.3) is 0 Å². The summed E-state index contributed by atoms with van der Waals surface area (Å²) in [6.45, 7) is 0. The highest BCUT2D eigenvalue weighted by Gasteiger charge is 2.09. The fraction of sp³-hybridized carbons (Fsp3) is 0. The van der Waals surface area contributed by atoms with E-state index >= 15 is 0 Å². The molecule has 3 nitrogen and oxygen atoms in total. The molecule has 0 N–H and O–H groups in total. The summed E-state index contributed by atoms with van der Waals surface area (Å²) in [5.74, 6) is 0. The fourth-order valence-corrected chi connectivity index (χ4v) is 3.25.